The minimum atomic E-state index is -0.149. The Kier molecular flexibility index (Phi) is 5.09. The molecule has 0 radical (unpaired) electrons. The molecule has 1 saturated heterocycles. The number of nitrogens with zero attached hydrogens (tertiary/aromatic N) is 2. The first kappa shape index (κ1) is 16.9. The average molecular weight is 350 g/mol. The van der Waals surface area contributed by atoms with Crippen LogP contribution in [0.5, 0.6) is 5.88 Å². The number of hydrogen-bond donors (Lipinski definition) is 0. The summed E-state index contributed by atoms with van der Waals surface area (Å²) in [4.78, 5) is 0. The summed E-state index contributed by atoms with van der Waals surface area (Å²) in [5.74, 6) is 0.906. The lowest BCUT2D eigenvalue weighted by molar-refractivity contribution is -0.150. The third-order valence-electron chi connectivity index (χ3n) is 4.84. The van der Waals surface area contributed by atoms with E-state index in [1.807, 2.05) is 24.4 Å². The van der Waals surface area contributed by atoms with Crippen LogP contribution >= 0.6 is 0 Å². The van der Waals surface area contributed by atoms with Crippen LogP contribution in [-0.2, 0) is 16.1 Å². The first-order valence-corrected chi connectivity index (χ1v) is 8.89. The molecule has 1 fully saturated rings. The number of ether oxygens (including phenoxy) is 3. The van der Waals surface area contributed by atoms with Gasteiger partial charge in [0.05, 0.1) is 12.8 Å². The van der Waals surface area contributed by atoms with Gasteiger partial charge in [-0.15, -0.1) is 5.10 Å². The predicted octanol–water partition coefficient (Wildman–Crippen LogP) is 4.08. The molecule has 2 aromatic carbocycles. The van der Waals surface area contributed by atoms with Crippen LogP contribution in [0, 0.1) is 0 Å². The van der Waals surface area contributed by atoms with E-state index in [1.54, 1.807) is 7.11 Å². The van der Waals surface area contributed by atoms with Crippen LogP contribution in [0.1, 0.15) is 29.9 Å². The zero-order chi connectivity index (χ0) is 17.8. The van der Waals surface area contributed by atoms with E-state index in [0.717, 1.165) is 24.0 Å². The zero-order valence-corrected chi connectivity index (χ0v) is 14.8. The smallest absolute Gasteiger partial charge is 0.233 e. The summed E-state index contributed by atoms with van der Waals surface area (Å²) >= 11 is 0. The van der Waals surface area contributed by atoms with Gasteiger partial charge in [-0.25, -0.2) is 0 Å². The lowest BCUT2D eigenvalue weighted by Crippen LogP contribution is -2.26. The fourth-order valence-electron chi connectivity index (χ4n) is 3.37. The molecule has 1 aliphatic rings. The molecule has 1 aromatic heterocycles. The topological polar surface area (TPSA) is 53.5 Å². The van der Waals surface area contributed by atoms with Gasteiger partial charge in [0, 0.05) is 19.6 Å². The maximum Gasteiger partial charge on any atom is 0.233 e. The van der Waals surface area contributed by atoms with Gasteiger partial charge in [-0.3, -0.25) is 0 Å². The number of aromatic nitrogens is 2. The van der Waals surface area contributed by atoms with Crippen LogP contribution in [0.4, 0.5) is 0 Å². The lowest BCUT2D eigenvalue weighted by Gasteiger charge is -2.28. The highest BCUT2D eigenvalue weighted by Crippen LogP contribution is 2.31. The Hall–Kier alpha value is -2.50. The van der Waals surface area contributed by atoms with Gasteiger partial charge in [-0.1, -0.05) is 36.4 Å². The summed E-state index contributed by atoms with van der Waals surface area (Å²) in [7, 11) is 1.68. The quantitative estimate of drug-likeness (QED) is 0.694. The Labute approximate surface area is 152 Å². The third kappa shape index (κ3) is 3.84. The molecule has 2 heterocycles. The highest BCUT2D eigenvalue weighted by molar-refractivity contribution is 5.82. The number of methoxy groups -OCH3 is 1. The van der Waals surface area contributed by atoms with Crippen molar-refractivity contribution in [2.75, 3.05) is 13.7 Å². The highest BCUT2D eigenvalue weighted by atomic mass is 16.7. The Balaban J connectivity index is 1.44. The van der Waals surface area contributed by atoms with Crippen molar-refractivity contribution in [2.24, 2.45) is 0 Å². The summed E-state index contributed by atoms with van der Waals surface area (Å²) < 4.78 is 16.8. The summed E-state index contributed by atoms with van der Waals surface area (Å²) in [6.45, 7) is 1.16. The highest BCUT2D eigenvalue weighted by Gasteiger charge is 2.24. The van der Waals surface area contributed by atoms with Crippen LogP contribution in [0.25, 0.3) is 10.8 Å². The van der Waals surface area contributed by atoms with E-state index < -0.39 is 0 Å². The molecule has 0 N–H and O–H groups in total. The molecular weight excluding hydrogens is 328 g/mol. The maximum absolute atomic E-state index is 5.89. The normalized spacial score (nSPS) is 20.2. The number of rotatable bonds is 5. The van der Waals surface area contributed by atoms with Crippen molar-refractivity contribution in [2.45, 2.75) is 31.7 Å². The SMILES string of the molecule is COC1CC(c2cnnc(OCc3ccc4ccccc4c3)c2)CCO1. The minimum Gasteiger partial charge on any atom is -0.472 e. The maximum atomic E-state index is 5.89. The van der Waals surface area contributed by atoms with Crippen LogP contribution in [-0.4, -0.2) is 30.2 Å². The molecule has 1 aliphatic heterocycles. The second-order valence-corrected chi connectivity index (χ2v) is 6.55. The lowest BCUT2D eigenvalue weighted by atomic mass is 9.92. The Bertz CT molecular complexity index is 884. The molecule has 26 heavy (non-hydrogen) atoms. The fourth-order valence-corrected chi connectivity index (χ4v) is 3.37. The number of hydrogen-bond acceptors (Lipinski definition) is 5. The van der Waals surface area contributed by atoms with Gasteiger partial charge in [0.25, 0.3) is 0 Å². The van der Waals surface area contributed by atoms with Crippen molar-refractivity contribution in [1.82, 2.24) is 10.2 Å². The second-order valence-electron chi connectivity index (χ2n) is 6.55. The molecule has 0 saturated carbocycles. The Morgan fingerprint density at radius 3 is 2.88 bits per heavy atom. The largest absolute Gasteiger partial charge is 0.472 e. The van der Waals surface area contributed by atoms with Gasteiger partial charge in [0.15, 0.2) is 6.29 Å². The van der Waals surface area contributed by atoms with Crippen molar-refractivity contribution in [3.63, 3.8) is 0 Å². The first-order valence-electron chi connectivity index (χ1n) is 8.89. The zero-order valence-electron chi connectivity index (χ0n) is 14.8. The molecule has 0 amide bonds. The third-order valence-corrected chi connectivity index (χ3v) is 4.84. The Morgan fingerprint density at radius 1 is 1.12 bits per heavy atom. The monoisotopic (exact) mass is 350 g/mol. The van der Waals surface area contributed by atoms with Crippen molar-refractivity contribution in [3.8, 4) is 5.88 Å². The summed E-state index contributed by atoms with van der Waals surface area (Å²) in [5.41, 5.74) is 2.24. The van der Waals surface area contributed by atoms with E-state index in [4.69, 9.17) is 14.2 Å². The van der Waals surface area contributed by atoms with E-state index in [9.17, 15) is 0 Å². The van der Waals surface area contributed by atoms with Crippen LogP contribution in [0.2, 0.25) is 0 Å². The summed E-state index contributed by atoms with van der Waals surface area (Å²) in [5, 5.41) is 10.7. The van der Waals surface area contributed by atoms with Gasteiger partial charge >= 0.3 is 0 Å². The molecule has 4 rings (SSSR count). The average Bonchev–Trinajstić information content (AvgIpc) is 2.72. The standard InChI is InChI=1S/C21H22N2O3/c1-24-21-12-18(8-9-25-21)19-11-20(23-22-13-19)26-14-15-6-7-16-4-2-3-5-17(16)10-15/h2-7,10-11,13,18,21H,8-9,12,14H2,1H3. The van der Waals surface area contributed by atoms with Crippen LogP contribution < -0.4 is 4.74 Å². The molecular formula is C21H22N2O3. The van der Waals surface area contributed by atoms with Crippen molar-refractivity contribution < 1.29 is 14.2 Å². The molecule has 2 unspecified atom stereocenters. The molecule has 0 bridgehead atoms. The van der Waals surface area contributed by atoms with E-state index in [-0.39, 0.29) is 6.29 Å². The first-order chi connectivity index (χ1) is 12.8. The minimum absolute atomic E-state index is 0.149. The summed E-state index contributed by atoms with van der Waals surface area (Å²) in [6.07, 6.45) is 3.44. The molecule has 0 aliphatic carbocycles. The van der Waals surface area contributed by atoms with Gasteiger partial charge < -0.3 is 14.2 Å². The molecule has 134 valence electrons. The molecule has 3 aromatic rings. The van der Waals surface area contributed by atoms with Gasteiger partial charge in [0.2, 0.25) is 5.88 Å². The molecule has 2 atom stereocenters. The molecule has 0 spiro atoms. The van der Waals surface area contributed by atoms with Crippen molar-refractivity contribution in [1.29, 1.82) is 0 Å². The van der Waals surface area contributed by atoms with E-state index in [1.165, 1.54) is 10.8 Å². The van der Waals surface area contributed by atoms with Crippen molar-refractivity contribution in [3.05, 3.63) is 65.9 Å². The number of fused-ring (bicyclic) bond motifs is 1. The second kappa shape index (κ2) is 7.81. The molecule has 5 heteroatoms. The van der Waals surface area contributed by atoms with Gasteiger partial charge in [0.1, 0.15) is 6.61 Å². The van der Waals surface area contributed by atoms with E-state index in [0.29, 0.717) is 25.0 Å². The predicted molar refractivity (Wildman–Crippen MR) is 99.0 cm³/mol. The number of benzene rings is 2. The molecule has 5 nitrogen and oxygen atoms in total. The van der Waals surface area contributed by atoms with Gasteiger partial charge in [-0.2, -0.15) is 5.10 Å². The van der Waals surface area contributed by atoms with E-state index >= 15 is 0 Å². The van der Waals surface area contributed by atoms with Crippen molar-refractivity contribution >= 4 is 10.8 Å². The van der Waals surface area contributed by atoms with Crippen LogP contribution in [0.15, 0.2) is 54.7 Å². The Morgan fingerprint density at radius 2 is 2.00 bits per heavy atom. The van der Waals surface area contributed by atoms with Crippen LogP contribution in [0.3, 0.4) is 0 Å². The summed E-state index contributed by atoms with van der Waals surface area (Å²) in [6, 6.07) is 16.6. The van der Waals surface area contributed by atoms with E-state index in [2.05, 4.69) is 40.5 Å². The fraction of sp³-hybridized carbons (Fsp3) is 0.333. The van der Waals surface area contributed by atoms with Gasteiger partial charge in [-0.05, 0) is 40.3 Å².